The van der Waals surface area contributed by atoms with Crippen LogP contribution in [0.1, 0.15) is 0 Å². The molecule has 4 aromatic rings. The normalized spacial score (nSPS) is 11.5. The van der Waals surface area contributed by atoms with Crippen molar-refractivity contribution in [3.8, 4) is 5.69 Å². The average Bonchev–Trinajstić information content (AvgIpc) is 3.06. The lowest BCUT2D eigenvalue weighted by Crippen LogP contribution is -2.16. The van der Waals surface area contributed by atoms with Gasteiger partial charge < -0.3 is 0 Å². The summed E-state index contributed by atoms with van der Waals surface area (Å²) >= 11 is 3.40. The van der Waals surface area contributed by atoms with Gasteiger partial charge in [0.25, 0.3) is 5.56 Å². The van der Waals surface area contributed by atoms with Crippen LogP contribution in [0.5, 0.6) is 0 Å². The first-order valence-corrected chi connectivity index (χ1v) is 6.98. The summed E-state index contributed by atoms with van der Waals surface area (Å²) in [7, 11) is 1.76. The number of benzene rings is 1. The Morgan fingerprint density at radius 3 is 2.67 bits per heavy atom. The molecule has 3 heterocycles. The van der Waals surface area contributed by atoms with Crippen molar-refractivity contribution in [2.24, 2.45) is 7.05 Å². The molecular weight excluding hydrogens is 336 g/mol. The first-order valence-electron chi connectivity index (χ1n) is 6.19. The molecule has 3 aromatic heterocycles. The maximum atomic E-state index is 12.4. The summed E-state index contributed by atoms with van der Waals surface area (Å²) in [5.74, 6) is 0.457. The summed E-state index contributed by atoms with van der Waals surface area (Å²) in [5.41, 5.74) is 1.19. The number of halogens is 1. The summed E-state index contributed by atoms with van der Waals surface area (Å²) in [6, 6.07) is 7.69. The van der Waals surface area contributed by atoms with Gasteiger partial charge >= 0.3 is 0 Å². The molecule has 0 atom stereocenters. The second-order valence-corrected chi connectivity index (χ2v) is 5.53. The Kier molecular flexibility index (Phi) is 2.49. The van der Waals surface area contributed by atoms with E-state index in [1.165, 1.54) is 10.7 Å². The summed E-state index contributed by atoms with van der Waals surface area (Å²) in [6.45, 7) is 0. The zero-order valence-corrected chi connectivity index (χ0v) is 12.5. The van der Waals surface area contributed by atoms with Gasteiger partial charge in [-0.2, -0.15) is 19.7 Å². The molecule has 104 valence electrons. The van der Waals surface area contributed by atoms with E-state index in [9.17, 15) is 4.79 Å². The van der Waals surface area contributed by atoms with Gasteiger partial charge in [0.2, 0.25) is 5.78 Å². The van der Waals surface area contributed by atoms with Gasteiger partial charge in [-0.25, -0.2) is 0 Å². The monoisotopic (exact) mass is 344 g/mol. The van der Waals surface area contributed by atoms with Crippen molar-refractivity contribution < 1.29 is 0 Å². The third-order valence-corrected chi connectivity index (χ3v) is 3.86. The molecule has 0 saturated carbocycles. The second-order valence-electron chi connectivity index (χ2n) is 4.61. The van der Waals surface area contributed by atoms with E-state index in [0.29, 0.717) is 16.8 Å². The molecule has 8 heteroatoms. The largest absolute Gasteiger partial charge is 0.286 e. The van der Waals surface area contributed by atoms with Crippen LogP contribution >= 0.6 is 15.9 Å². The highest BCUT2D eigenvalue weighted by Gasteiger charge is 2.14. The van der Waals surface area contributed by atoms with E-state index < -0.39 is 0 Å². The third kappa shape index (κ3) is 1.72. The number of rotatable bonds is 1. The minimum Gasteiger partial charge on any atom is -0.267 e. The molecule has 21 heavy (non-hydrogen) atoms. The summed E-state index contributed by atoms with van der Waals surface area (Å²) in [6.07, 6.45) is 3.09. The van der Waals surface area contributed by atoms with Crippen LogP contribution in [-0.4, -0.2) is 28.9 Å². The molecular formula is C13H9BrN6O. The Hall–Kier alpha value is -2.48. The fraction of sp³-hybridized carbons (Fsp3) is 0.0769. The van der Waals surface area contributed by atoms with Crippen molar-refractivity contribution in [3.63, 3.8) is 0 Å². The van der Waals surface area contributed by atoms with Crippen molar-refractivity contribution in [1.29, 1.82) is 0 Å². The molecule has 0 aliphatic rings. The minimum atomic E-state index is -0.223. The van der Waals surface area contributed by atoms with E-state index in [4.69, 9.17) is 0 Å². The molecule has 0 amide bonds. The molecule has 0 N–H and O–H groups in total. The van der Waals surface area contributed by atoms with Gasteiger partial charge in [0.05, 0.1) is 11.9 Å². The van der Waals surface area contributed by atoms with Crippen molar-refractivity contribution in [2.75, 3.05) is 0 Å². The number of hydrogen-bond donors (Lipinski definition) is 0. The summed E-state index contributed by atoms with van der Waals surface area (Å²) < 4.78 is 5.61. The Morgan fingerprint density at radius 2 is 1.90 bits per heavy atom. The first-order chi connectivity index (χ1) is 10.1. The highest BCUT2D eigenvalue weighted by atomic mass is 79.9. The lowest BCUT2D eigenvalue weighted by atomic mass is 10.3. The molecule has 0 unspecified atom stereocenters. The fourth-order valence-electron chi connectivity index (χ4n) is 2.26. The molecule has 0 fully saturated rings. The first kappa shape index (κ1) is 12.3. The predicted molar refractivity (Wildman–Crippen MR) is 80.6 cm³/mol. The number of aryl methyl sites for hydroxylation is 1. The van der Waals surface area contributed by atoms with Gasteiger partial charge in [-0.15, -0.1) is 0 Å². The number of nitrogens with zero attached hydrogens (tertiary/aromatic N) is 6. The Morgan fingerprint density at radius 1 is 1.14 bits per heavy atom. The molecule has 0 spiro atoms. The predicted octanol–water partition coefficient (Wildman–Crippen LogP) is 1.53. The standard InChI is InChI=1S/C13H9BrN6O/c1-18-11-10(6-15-18)12(21)20-13(17-11)19(7-16-20)9-4-2-8(14)3-5-9/h2-7H,1H3. The number of fused-ring (bicyclic) bond motifs is 2. The van der Waals surface area contributed by atoms with E-state index in [0.717, 1.165) is 10.2 Å². The van der Waals surface area contributed by atoms with Gasteiger partial charge in [-0.05, 0) is 24.3 Å². The van der Waals surface area contributed by atoms with Gasteiger partial charge in [0, 0.05) is 11.5 Å². The van der Waals surface area contributed by atoms with E-state index in [1.807, 2.05) is 24.3 Å². The van der Waals surface area contributed by atoms with E-state index in [1.54, 1.807) is 22.6 Å². The molecule has 4 rings (SSSR count). The molecule has 0 radical (unpaired) electrons. The lowest BCUT2D eigenvalue weighted by Gasteiger charge is -2.03. The van der Waals surface area contributed by atoms with Crippen LogP contribution in [-0.2, 0) is 7.05 Å². The van der Waals surface area contributed by atoms with Crippen molar-refractivity contribution in [1.82, 2.24) is 28.9 Å². The fourth-order valence-corrected chi connectivity index (χ4v) is 2.52. The molecule has 0 bridgehead atoms. The Balaban J connectivity index is 2.09. The molecule has 0 aliphatic carbocycles. The topological polar surface area (TPSA) is 70.0 Å². The third-order valence-electron chi connectivity index (χ3n) is 3.33. The van der Waals surface area contributed by atoms with E-state index in [2.05, 4.69) is 31.1 Å². The van der Waals surface area contributed by atoms with Crippen LogP contribution < -0.4 is 5.56 Å². The quantitative estimate of drug-likeness (QED) is 0.525. The van der Waals surface area contributed by atoms with Crippen molar-refractivity contribution in [3.05, 3.63) is 51.6 Å². The van der Waals surface area contributed by atoms with Gasteiger partial charge in [-0.1, -0.05) is 15.9 Å². The summed E-state index contributed by atoms with van der Waals surface area (Å²) in [4.78, 5) is 16.9. The van der Waals surface area contributed by atoms with Crippen LogP contribution in [0, 0.1) is 0 Å². The van der Waals surface area contributed by atoms with Gasteiger partial charge in [0.15, 0.2) is 5.65 Å². The van der Waals surface area contributed by atoms with Crippen LogP contribution in [0.15, 0.2) is 46.1 Å². The van der Waals surface area contributed by atoms with Crippen LogP contribution in [0.3, 0.4) is 0 Å². The molecule has 1 aromatic carbocycles. The van der Waals surface area contributed by atoms with Gasteiger partial charge in [-0.3, -0.25) is 14.0 Å². The average molecular weight is 345 g/mol. The SMILES string of the molecule is Cn1ncc2c(=O)n3ncn(-c4ccc(Br)cc4)c3nc21. The molecule has 7 nitrogen and oxygen atoms in total. The van der Waals surface area contributed by atoms with Crippen molar-refractivity contribution in [2.45, 2.75) is 0 Å². The van der Waals surface area contributed by atoms with Gasteiger partial charge in [0.1, 0.15) is 11.7 Å². The maximum Gasteiger partial charge on any atom is 0.286 e. The second kappa shape index (κ2) is 4.26. The summed E-state index contributed by atoms with van der Waals surface area (Å²) in [5, 5.41) is 8.66. The zero-order valence-electron chi connectivity index (χ0n) is 10.9. The lowest BCUT2D eigenvalue weighted by molar-refractivity contribution is 0.784. The number of hydrogen-bond acceptors (Lipinski definition) is 4. The smallest absolute Gasteiger partial charge is 0.267 e. The van der Waals surface area contributed by atoms with Crippen LogP contribution in [0.2, 0.25) is 0 Å². The van der Waals surface area contributed by atoms with E-state index >= 15 is 0 Å². The number of aromatic nitrogens is 6. The maximum absolute atomic E-state index is 12.4. The highest BCUT2D eigenvalue weighted by molar-refractivity contribution is 9.10. The van der Waals surface area contributed by atoms with Crippen molar-refractivity contribution >= 4 is 32.7 Å². The zero-order chi connectivity index (χ0) is 14.6. The molecule has 0 saturated heterocycles. The minimum absolute atomic E-state index is 0.223. The van der Waals surface area contributed by atoms with E-state index in [-0.39, 0.29) is 5.56 Å². The molecule has 0 aliphatic heterocycles. The van der Waals surface area contributed by atoms with Crippen LogP contribution in [0.25, 0.3) is 22.5 Å². The Bertz CT molecular complexity index is 1030. The Labute approximate surface area is 126 Å². The highest BCUT2D eigenvalue weighted by Crippen LogP contribution is 2.16. The van der Waals surface area contributed by atoms with Crippen LogP contribution in [0.4, 0.5) is 0 Å².